The summed E-state index contributed by atoms with van der Waals surface area (Å²) in [6.07, 6.45) is 0.709. The van der Waals surface area contributed by atoms with Crippen molar-refractivity contribution in [3.05, 3.63) is 23.5 Å². The fraction of sp³-hybridized carbons (Fsp3) is 0.333. The molecule has 14 heavy (non-hydrogen) atoms. The van der Waals surface area contributed by atoms with Crippen molar-refractivity contribution in [3.8, 4) is 11.8 Å². The first-order valence-electron chi connectivity index (χ1n) is 3.91. The van der Waals surface area contributed by atoms with Crippen molar-refractivity contribution in [3.63, 3.8) is 0 Å². The SMILES string of the molecule is COc1ccnc(C(O)CBr)c1C#N. The van der Waals surface area contributed by atoms with E-state index in [-0.39, 0.29) is 5.56 Å². The number of aliphatic hydroxyl groups is 1. The Morgan fingerprint density at radius 3 is 3.00 bits per heavy atom. The van der Waals surface area contributed by atoms with Gasteiger partial charge in [0.2, 0.25) is 0 Å². The molecule has 0 fully saturated rings. The first kappa shape index (κ1) is 11.0. The molecule has 0 amide bonds. The Balaban J connectivity index is 3.23. The van der Waals surface area contributed by atoms with Crippen LogP contribution in [-0.4, -0.2) is 22.5 Å². The average Bonchev–Trinajstić information content (AvgIpc) is 2.26. The molecule has 1 heterocycles. The van der Waals surface area contributed by atoms with Gasteiger partial charge in [0.1, 0.15) is 23.5 Å². The molecule has 0 aliphatic carbocycles. The third kappa shape index (κ3) is 2.03. The van der Waals surface area contributed by atoms with Gasteiger partial charge in [0, 0.05) is 11.5 Å². The maximum atomic E-state index is 9.55. The van der Waals surface area contributed by atoms with Crippen LogP contribution >= 0.6 is 15.9 Å². The van der Waals surface area contributed by atoms with E-state index in [2.05, 4.69) is 20.9 Å². The van der Waals surface area contributed by atoms with Gasteiger partial charge in [-0.1, -0.05) is 15.9 Å². The minimum atomic E-state index is -0.792. The molecule has 0 aliphatic heterocycles. The number of hydrogen-bond acceptors (Lipinski definition) is 4. The molecule has 0 radical (unpaired) electrons. The Kier molecular flexibility index (Phi) is 3.86. The maximum Gasteiger partial charge on any atom is 0.140 e. The van der Waals surface area contributed by atoms with Crippen molar-refractivity contribution in [2.45, 2.75) is 6.10 Å². The van der Waals surface area contributed by atoms with Gasteiger partial charge >= 0.3 is 0 Å². The van der Waals surface area contributed by atoms with Crippen LogP contribution in [0.4, 0.5) is 0 Å². The predicted octanol–water partition coefficient (Wildman–Crippen LogP) is 1.39. The molecule has 1 aromatic heterocycles. The highest BCUT2D eigenvalue weighted by Gasteiger charge is 2.16. The second-order valence-corrected chi connectivity index (χ2v) is 3.20. The molecule has 1 atom stereocenters. The monoisotopic (exact) mass is 256 g/mol. The van der Waals surface area contributed by atoms with Gasteiger partial charge in [0.15, 0.2) is 0 Å². The summed E-state index contributed by atoms with van der Waals surface area (Å²) in [7, 11) is 1.47. The first-order chi connectivity index (χ1) is 6.74. The smallest absolute Gasteiger partial charge is 0.140 e. The third-order valence-corrected chi connectivity index (χ3v) is 2.35. The molecule has 0 saturated heterocycles. The molecule has 0 saturated carbocycles. The molecule has 0 spiro atoms. The summed E-state index contributed by atoms with van der Waals surface area (Å²) in [5.74, 6) is 0.428. The number of halogens is 1. The predicted molar refractivity (Wildman–Crippen MR) is 54.3 cm³/mol. The van der Waals surface area contributed by atoms with Crippen LogP contribution in [0.25, 0.3) is 0 Å². The summed E-state index contributed by atoms with van der Waals surface area (Å²) in [4.78, 5) is 3.95. The number of rotatable bonds is 3. The molecule has 0 aromatic carbocycles. The molecule has 1 N–H and O–H groups in total. The number of hydrogen-bond donors (Lipinski definition) is 1. The van der Waals surface area contributed by atoms with Crippen molar-refractivity contribution in [2.75, 3.05) is 12.4 Å². The van der Waals surface area contributed by atoms with Crippen molar-refractivity contribution in [2.24, 2.45) is 0 Å². The lowest BCUT2D eigenvalue weighted by Gasteiger charge is -2.10. The molecular formula is C9H9BrN2O2. The van der Waals surface area contributed by atoms with Crippen LogP contribution in [0.5, 0.6) is 5.75 Å². The van der Waals surface area contributed by atoms with Gasteiger partial charge in [-0.05, 0) is 6.07 Å². The first-order valence-corrected chi connectivity index (χ1v) is 5.03. The molecule has 74 valence electrons. The molecule has 1 unspecified atom stereocenters. The largest absolute Gasteiger partial charge is 0.495 e. The number of nitrogens with zero attached hydrogens (tertiary/aromatic N) is 2. The Bertz CT molecular complexity index is 362. The van der Waals surface area contributed by atoms with Crippen LogP contribution in [-0.2, 0) is 0 Å². The maximum absolute atomic E-state index is 9.55. The Morgan fingerprint density at radius 1 is 1.79 bits per heavy atom. The van der Waals surface area contributed by atoms with E-state index < -0.39 is 6.10 Å². The zero-order valence-corrected chi connectivity index (χ0v) is 9.15. The Hall–Kier alpha value is -1.12. The number of alkyl halides is 1. The second-order valence-electron chi connectivity index (χ2n) is 2.56. The number of nitriles is 1. The van der Waals surface area contributed by atoms with E-state index in [1.165, 1.54) is 13.3 Å². The summed E-state index contributed by atoms with van der Waals surface area (Å²) >= 11 is 3.12. The molecule has 4 nitrogen and oxygen atoms in total. The van der Waals surface area contributed by atoms with Gasteiger partial charge in [-0.3, -0.25) is 4.98 Å². The second kappa shape index (κ2) is 4.94. The average molecular weight is 257 g/mol. The third-order valence-electron chi connectivity index (χ3n) is 1.74. The summed E-state index contributed by atoms with van der Waals surface area (Å²) < 4.78 is 4.98. The van der Waals surface area contributed by atoms with Gasteiger partial charge in [-0.15, -0.1) is 0 Å². The lowest BCUT2D eigenvalue weighted by molar-refractivity contribution is 0.199. The van der Waals surface area contributed by atoms with Crippen molar-refractivity contribution in [1.82, 2.24) is 4.98 Å². The zero-order valence-electron chi connectivity index (χ0n) is 7.57. The highest BCUT2D eigenvalue weighted by molar-refractivity contribution is 9.09. The van der Waals surface area contributed by atoms with Crippen LogP contribution < -0.4 is 4.74 Å². The summed E-state index contributed by atoms with van der Waals surface area (Å²) in [6, 6.07) is 3.55. The van der Waals surface area contributed by atoms with Gasteiger partial charge in [0.25, 0.3) is 0 Å². The van der Waals surface area contributed by atoms with Gasteiger partial charge in [-0.25, -0.2) is 0 Å². The van der Waals surface area contributed by atoms with E-state index in [1.807, 2.05) is 6.07 Å². The number of aliphatic hydroxyl groups excluding tert-OH is 1. The fourth-order valence-electron chi connectivity index (χ4n) is 1.07. The summed E-state index contributed by atoms with van der Waals surface area (Å²) in [5.41, 5.74) is 0.616. The lowest BCUT2D eigenvalue weighted by Crippen LogP contribution is -2.05. The van der Waals surface area contributed by atoms with E-state index >= 15 is 0 Å². The van der Waals surface area contributed by atoms with Crippen molar-refractivity contribution < 1.29 is 9.84 Å². The molecular weight excluding hydrogens is 248 g/mol. The van der Waals surface area contributed by atoms with Gasteiger partial charge in [-0.2, -0.15) is 5.26 Å². The molecule has 1 rings (SSSR count). The zero-order chi connectivity index (χ0) is 10.6. The minimum Gasteiger partial charge on any atom is -0.495 e. The number of aromatic nitrogens is 1. The molecule has 1 aromatic rings. The number of pyridine rings is 1. The van der Waals surface area contributed by atoms with E-state index in [1.54, 1.807) is 6.07 Å². The fourth-order valence-corrected chi connectivity index (χ4v) is 1.37. The van der Waals surface area contributed by atoms with Crippen LogP contribution in [0.2, 0.25) is 0 Å². The molecule has 0 bridgehead atoms. The topological polar surface area (TPSA) is 66.1 Å². The van der Waals surface area contributed by atoms with E-state index in [0.717, 1.165) is 0 Å². The number of methoxy groups -OCH3 is 1. The van der Waals surface area contributed by atoms with Gasteiger partial charge < -0.3 is 9.84 Å². The quantitative estimate of drug-likeness (QED) is 0.831. The van der Waals surface area contributed by atoms with E-state index in [9.17, 15) is 5.11 Å². The summed E-state index contributed by atoms with van der Waals surface area (Å²) in [6.45, 7) is 0. The normalized spacial score (nSPS) is 11.9. The molecule has 5 heteroatoms. The Morgan fingerprint density at radius 2 is 2.50 bits per heavy atom. The van der Waals surface area contributed by atoms with Crippen LogP contribution in [0.1, 0.15) is 17.4 Å². The van der Waals surface area contributed by atoms with Crippen molar-refractivity contribution in [1.29, 1.82) is 5.26 Å². The highest BCUT2D eigenvalue weighted by atomic mass is 79.9. The van der Waals surface area contributed by atoms with Crippen molar-refractivity contribution >= 4 is 15.9 Å². The van der Waals surface area contributed by atoms with Crippen LogP contribution in [0.3, 0.4) is 0 Å². The van der Waals surface area contributed by atoms with E-state index in [0.29, 0.717) is 16.8 Å². The van der Waals surface area contributed by atoms with E-state index in [4.69, 9.17) is 10.00 Å². The van der Waals surface area contributed by atoms with Crippen LogP contribution in [0, 0.1) is 11.3 Å². The minimum absolute atomic E-state index is 0.280. The van der Waals surface area contributed by atoms with Gasteiger partial charge in [0.05, 0.1) is 12.8 Å². The standard InChI is InChI=1S/C9H9BrN2O2/c1-14-8-2-3-12-9(6(8)5-11)7(13)4-10/h2-3,7,13H,4H2,1H3. The Labute approximate surface area is 90.3 Å². The molecule has 0 aliphatic rings. The highest BCUT2D eigenvalue weighted by Crippen LogP contribution is 2.24. The van der Waals surface area contributed by atoms with Crippen LogP contribution in [0.15, 0.2) is 12.3 Å². The number of ether oxygens (including phenoxy) is 1. The summed E-state index contributed by atoms with van der Waals surface area (Å²) in [5, 5.41) is 18.8. The lowest BCUT2D eigenvalue weighted by atomic mass is 10.1.